The van der Waals surface area contributed by atoms with E-state index in [1.807, 2.05) is 36.9 Å². The Hall–Kier alpha value is -1.91. The number of anilines is 1. The van der Waals surface area contributed by atoms with Gasteiger partial charge in [0, 0.05) is 29.8 Å². The van der Waals surface area contributed by atoms with Gasteiger partial charge in [0.25, 0.3) is 0 Å². The Kier molecular flexibility index (Phi) is 3.37. The number of hydrogen-bond donors (Lipinski definition) is 1. The lowest BCUT2D eigenvalue weighted by molar-refractivity contribution is 0.558. The maximum atomic E-state index is 4.35. The number of hydrogen-bond acceptors (Lipinski definition) is 4. The molecule has 0 aromatic carbocycles. The van der Waals surface area contributed by atoms with Crippen LogP contribution in [0.2, 0.25) is 0 Å². The van der Waals surface area contributed by atoms with Crippen molar-refractivity contribution in [2.75, 3.05) is 5.32 Å². The van der Waals surface area contributed by atoms with E-state index < -0.39 is 0 Å². The molecule has 0 aliphatic carbocycles. The minimum absolute atomic E-state index is 0.232. The Labute approximate surface area is 101 Å². The maximum absolute atomic E-state index is 4.35. The molecule has 2 heterocycles. The fraction of sp³-hybridized carbons (Fsp3) is 0.417. The molecule has 2 aromatic heterocycles. The van der Waals surface area contributed by atoms with Crippen molar-refractivity contribution in [3.63, 3.8) is 0 Å². The molecule has 1 unspecified atom stereocenters. The fourth-order valence-corrected chi connectivity index (χ4v) is 1.75. The average Bonchev–Trinajstić information content (AvgIpc) is 2.67. The lowest BCUT2D eigenvalue weighted by Crippen LogP contribution is -2.23. The van der Waals surface area contributed by atoms with Crippen molar-refractivity contribution in [1.82, 2.24) is 19.7 Å². The van der Waals surface area contributed by atoms with E-state index in [1.54, 1.807) is 6.20 Å². The van der Waals surface area contributed by atoms with Crippen LogP contribution in [0.25, 0.3) is 0 Å². The molecule has 0 saturated carbocycles. The largest absolute Gasteiger partial charge is 0.350 e. The summed E-state index contributed by atoms with van der Waals surface area (Å²) in [7, 11) is 0. The molecule has 2 rings (SSSR count). The predicted octanol–water partition coefficient (Wildman–Crippen LogP) is 1.79. The van der Waals surface area contributed by atoms with Crippen LogP contribution in [-0.2, 0) is 6.54 Å². The van der Waals surface area contributed by atoms with Crippen LogP contribution in [0.15, 0.2) is 24.5 Å². The fourth-order valence-electron chi connectivity index (χ4n) is 1.75. The highest BCUT2D eigenvalue weighted by Crippen LogP contribution is 2.05. The molecule has 17 heavy (non-hydrogen) atoms. The molecule has 0 bridgehead atoms. The molecule has 0 radical (unpaired) electrons. The van der Waals surface area contributed by atoms with Crippen LogP contribution < -0.4 is 5.32 Å². The lowest BCUT2D eigenvalue weighted by Gasteiger charge is -2.14. The molecule has 0 saturated heterocycles. The van der Waals surface area contributed by atoms with Crippen LogP contribution in [-0.4, -0.2) is 25.8 Å². The van der Waals surface area contributed by atoms with Gasteiger partial charge < -0.3 is 5.32 Å². The summed E-state index contributed by atoms with van der Waals surface area (Å²) in [5.74, 6) is 0.683. The Bertz CT molecular complexity index is 457. The summed E-state index contributed by atoms with van der Waals surface area (Å²) >= 11 is 0. The Morgan fingerprint density at radius 1 is 1.29 bits per heavy atom. The van der Waals surface area contributed by atoms with Gasteiger partial charge >= 0.3 is 0 Å². The highest BCUT2D eigenvalue weighted by molar-refractivity contribution is 5.28. The molecule has 0 aliphatic rings. The van der Waals surface area contributed by atoms with Gasteiger partial charge in [-0.1, -0.05) is 0 Å². The second kappa shape index (κ2) is 4.95. The first-order valence-electron chi connectivity index (χ1n) is 5.70. The number of aryl methyl sites for hydroxylation is 2. The van der Waals surface area contributed by atoms with E-state index in [9.17, 15) is 0 Å². The number of nitrogens with one attached hydrogen (secondary N) is 1. The van der Waals surface area contributed by atoms with Crippen molar-refractivity contribution in [2.45, 2.75) is 33.4 Å². The molecule has 0 spiro atoms. The first-order chi connectivity index (χ1) is 8.13. The number of nitrogens with zero attached hydrogens (tertiary/aromatic N) is 4. The van der Waals surface area contributed by atoms with E-state index >= 15 is 0 Å². The van der Waals surface area contributed by atoms with Gasteiger partial charge in [-0.3, -0.25) is 4.68 Å². The molecule has 0 fully saturated rings. The minimum Gasteiger partial charge on any atom is -0.350 e. The SMILES string of the molecule is Cc1cc(C)nc(NC(C)Cn2cccn2)n1. The van der Waals surface area contributed by atoms with E-state index in [0.717, 1.165) is 17.9 Å². The van der Waals surface area contributed by atoms with Crippen LogP contribution in [0.4, 0.5) is 5.95 Å². The number of aromatic nitrogens is 4. The quantitative estimate of drug-likeness (QED) is 0.871. The first kappa shape index (κ1) is 11.6. The first-order valence-corrected chi connectivity index (χ1v) is 5.70. The van der Waals surface area contributed by atoms with E-state index in [4.69, 9.17) is 0 Å². The highest BCUT2D eigenvalue weighted by atomic mass is 15.3. The van der Waals surface area contributed by atoms with Gasteiger partial charge in [0.05, 0.1) is 6.54 Å². The molecular weight excluding hydrogens is 214 g/mol. The van der Waals surface area contributed by atoms with Gasteiger partial charge in [-0.05, 0) is 32.9 Å². The second-order valence-electron chi connectivity index (χ2n) is 4.25. The molecule has 1 atom stereocenters. The van der Waals surface area contributed by atoms with E-state index in [2.05, 4.69) is 27.3 Å². The molecule has 1 N–H and O–H groups in total. The van der Waals surface area contributed by atoms with Gasteiger partial charge in [-0.25, -0.2) is 9.97 Å². The smallest absolute Gasteiger partial charge is 0.223 e. The van der Waals surface area contributed by atoms with Crippen LogP contribution in [0, 0.1) is 13.8 Å². The second-order valence-corrected chi connectivity index (χ2v) is 4.25. The highest BCUT2D eigenvalue weighted by Gasteiger charge is 2.06. The third-order valence-electron chi connectivity index (χ3n) is 2.38. The van der Waals surface area contributed by atoms with Crippen molar-refractivity contribution in [2.24, 2.45) is 0 Å². The zero-order chi connectivity index (χ0) is 12.3. The molecule has 90 valence electrons. The summed E-state index contributed by atoms with van der Waals surface area (Å²) in [5, 5.41) is 7.45. The van der Waals surface area contributed by atoms with Gasteiger partial charge in [0.15, 0.2) is 0 Å². The minimum atomic E-state index is 0.232. The van der Waals surface area contributed by atoms with Crippen molar-refractivity contribution in [3.8, 4) is 0 Å². The Morgan fingerprint density at radius 2 is 2.00 bits per heavy atom. The molecule has 0 amide bonds. The van der Waals surface area contributed by atoms with Crippen LogP contribution in [0.5, 0.6) is 0 Å². The van der Waals surface area contributed by atoms with Crippen molar-refractivity contribution >= 4 is 5.95 Å². The molecular formula is C12H17N5. The van der Waals surface area contributed by atoms with Crippen molar-refractivity contribution in [1.29, 1.82) is 0 Å². The summed E-state index contributed by atoms with van der Waals surface area (Å²) in [6.45, 7) is 6.82. The zero-order valence-corrected chi connectivity index (χ0v) is 10.4. The van der Waals surface area contributed by atoms with Gasteiger partial charge in [0.1, 0.15) is 0 Å². The third kappa shape index (κ3) is 3.27. The summed E-state index contributed by atoms with van der Waals surface area (Å²) in [6.07, 6.45) is 3.72. The van der Waals surface area contributed by atoms with Crippen LogP contribution in [0.1, 0.15) is 18.3 Å². The summed E-state index contributed by atoms with van der Waals surface area (Å²) in [6, 6.07) is 4.11. The predicted molar refractivity (Wildman–Crippen MR) is 66.8 cm³/mol. The van der Waals surface area contributed by atoms with Gasteiger partial charge in [-0.2, -0.15) is 5.10 Å². The summed E-state index contributed by atoms with van der Waals surface area (Å²) in [4.78, 5) is 8.70. The van der Waals surface area contributed by atoms with E-state index in [1.165, 1.54) is 0 Å². The Balaban J connectivity index is 2.00. The zero-order valence-electron chi connectivity index (χ0n) is 10.4. The normalized spacial score (nSPS) is 12.4. The van der Waals surface area contributed by atoms with Crippen LogP contribution >= 0.6 is 0 Å². The molecule has 2 aromatic rings. The summed E-state index contributed by atoms with van der Waals surface area (Å²) in [5.41, 5.74) is 1.96. The lowest BCUT2D eigenvalue weighted by atomic mass is 10.3. The number of rotatable bonds is 4. The molecule has 5 nitrogen and oxygen atoms in total. The van der Waals surface area contributed by atoms with Gasteiger partial charge in [-0.15, -0.1) is 0 Å². The van der Waals surface area contributed by atoms with E-state index in [-0.39, 0.29) is 6.04 Å². The van der Waals surface area contributed by atoms with Crippen molar-refractivity contribution in [3.05, 3.63) is 35.9 Å². The standard InChI is InChI=1S/C12H17N5/c1-9-7-10(2)15-12(14-9)16-11(3)8-17-6-4-5-13-17/h4-7,11H,8H2,1-3H3,(H,14,15,16). The molecule has 5 heteroatoms. The van der Waals surface area contributed by atoms with Crippen LogP contribution in [0.3, 0.4) is 0 Å². The maximum Gasteiger partial charge on any atom is 0.223 e. The summed E-state index contributed by atoms with van der Waals surface area (Å²) < 4.78 is 1.89. The monoisotopic (exact) mass is 231 g/mol. The van der Waals surface area contributed by atoms with E-state index in [0.29, 0.717) is 5.95 Å². The molecule has 0 aliphatic heterocycles. The third-order valence-corrected chi connectivity index (χ3v) is 2.38. The average molecular weight is 231 g/mol. The Morgan fingerprint density at radius 3 is 2.59 bits per heavy atom. The van der Waals surface area contributed by atoms with Crippen molar-refractivity contribution < 1.29 is 0 Å². The topological polar surface area (TPSA) is 55.6 Å². The van der Waals surface area contributed by atoms with Gasteiger partial charge in [0.2, 0.25) is 5.95 Å².